The molecule has 0 spiro atoms. The summed E-state index contributed by atoms with van der Waals surface area (Å²) in [5.74, 6) is 0. The van der Waals surface area contributed by atoms with Crippen LogP contribution >= 0.6 is 11.3 Å². The van der Waals surface area contributed by atoms with E-state index < -0.39 is 11.7 Å². The monoisotopic (exact) mass is 263 g/mol. The van der Waals surface area contributed by atoms with Crippen molar-refractivity contribution in [1.82, 2.24) is 0 Å². The Bertz CT molecular complexity index is 586. The maximum atomic E-state index is 10.9. The summed E-state index contributed by atoms with van der Waals surface area (Å²) in [4.78, 5) is 12.1. The lowest BCUT2D eigenvalue weighted by Crippen LogP contribution is -2.33. The smallest absolute Gasteiger partial charge is 0.405 e. The maximum absolute atomic E-state index is 10.9. The van der Waals surface area contributed by atoms with Crippen molar-refractivity contribution in [1.29, 1.82) is 0 Å². The summed E-state index contributed by atoms with van der Waals surface area (Å²) >= 11 is 1.75. The molecule has 3 nitrogen and oxygen atoms in total. The third-order valence-corrected chi connectivity index (χ3v) is 4.18. The number of rotatable bonds is 3. The second kappa shape index (κ2) is 4.61. The Morgan fingerprint density at radius 3 is 2.67 bits per heavy atom. The highest BCUT2D eigenvalue weighted by atomic mass is 32.1. The van der Waals surface area contributed by atoms with Crippen LogP contribution < -0.4 is 5.73 Å². The zero-order valence-corrected chi connectivity index (χ0v) is 11.6. The molecule has 0 bridgehead atoms. The van der Waals surface area contributed by atoms with Crippen molar-refractivity contribution in [3.8, 4) is 0 Å². The van der Waals surface area contributed by atoms with Gasteiger partial charge in [-0.2, -0.15) is 0 Å². The van der Waals surface area contributed by atoms with E-state index in [1.807, 2.05) is 26.0 Å². The van der Waals surface area contributed by atoms with E-state index in [4.69, 9.17) is 10.5 Å². The molecule has 2 aromatic rings. The molecule has 0 saturated heterocycles. The van der Waals surface area contributed by atoms with Crippen molar-refractivity contribution in [3.63, 3.8) is 0 Å². The van der Waals surface area contributed by atoms with Gasteiger partial charge in [-0.05, 0) is 37.8 Å². The molecule has 2 rings (SSSR count). The lowest BCUT2D eigenvalue weighted by Gasteiger charge is -2.23. The van der Waals surface area contributed by atoms with Gasteiger partial charge in [0.2, 0.25) is 0 Å². The quantitative estimate of drug-likeness (QED) is 0.919. The van der Waals surface area contributed by atoms with E-state index in [2.05, 4.69) is 19.1 Å². The minimum Gasteiger partial charge on any atom is -0.443 e. The van der Waals surface area contributed by atoms with Crippen LogP contribution in [0.4, 0.5) is 4.79 Å². The molecule has 0 aliphatic carbocycles. The van der Waals surface area contributed by atoms with Crippen LogP contribution in [0.15, 0.2) is 24.3 Å². The normalized spacial score (nSPS) is 11.7. The van der Waals surface area contributed by atoms with Crippen molar-refractivity contribution < 1.29 is 9.53 Å². The van der Waals surface area contributed by atoms with Crippen molar-refractivity contribution in [3.05, 3.63) is 34.7 Å². The highest BCUT2D eigenvalue weighted by Crippen LogP contribution is 2.33. The summed E-state index contributed by atoms with van der Waals surface area (Å²) in [5.41, 5.74) is 5.78. The molecular formula is C14H17NO2S. The second-order valence-corrected chi connectivity index (χ2v) is 6.14. The summed E-state index contributed by atoms with van der Waals surface area (Å²) in [7, 11) is 0. The molecule has 1 heterocycles. The molecular weight excluding hydrogens is 246 g/mol. The molecule has 0 fully saturated rings. The Morgan fingerprint density at radius 1 is 1.39 bits per heavy atom. The number of primary amides is 1. The predicted octanol–water partition coefficient (Wildman–Crippen LogP) is 3.63. The van der Waals surface area contributed by atoms with Crippen LogP contribution in [0.2, 0.25) is 0 Å². The van der Waals surface area contributed by atoms with E-state index in [0.717, 1.165) is 0 Å². The summed E-state index contributed by atoms with van der Waals surface area (Å²) in [6.45, 7) is 5.86. The zero-order chi connectivity index (χ0) is 13.3. The first kappa shape index (κ1) is 12.9. The average Bonchev–Trinajstić information content (AvgIpc) is 2.54. The highest BCUT2D eigenvalue weighted by Gasteiger charge is 2.24. The van der Waals surface area contributed by atoms with Crippen LogP contribution in [0.3, 0.4) is 0 Å². The van der Waals surface area contributed by atoms with E-state index in [-0.39, 0.29) is 0 Å². The minimum absolute atomic E-state index is 0.572. The Morgan fingerprint density at radius 2 is 2.06 bits per heavy atom. The lowest BCUT2D eigenvalue weighted by molar-refractivity contribution is 0.0465. The molecule has 1 amide bonds. The van der Waals surface area contributed by atoms with E-state index in [9.17, 15) is 4.79 Å². The van der Waals surface area contributed by atoms with Crippen LogP contribution in [0.1, 0.15) is 24.3 Å². The zero-order valence-electron chi connectivity index (χ0n) is 10.8. The predicted molar refractivity (Wildman–Crippen MR) is 75.0 cm³/mol. The molecule has 96 valence electrons. The van der Waals surface area contributed by atoms with E-state index in [0.29, 0.717) is 6.42 Å². The topological polar surface area (TPSA) is 52.3 Å². The van der Waals surface area contributed by atoms with Gasteiger partial charge in [0.1, 0.15) is 5.60 Å². The minimum atomic E-state index is -0.723. The SMILES string of the molecule is Cc1c(CC(C)(C)OC(N)=O)sc2ccccc12. The molecule has 0 saturated carbocycles. The van der Waals surface area contributed by atoms with Gasteiger partial charge >= 0.3 is 6.09 Å². The number of nitrogens with two attached hydrogens (primary N) is 1. The molecule has 0 unspecified atom stereocenters. The Labute approximate surface area is 111 Å². The van der Waals surface area contributed by atoms with E-state index in [1.165, 1.54) is 20.5 Å². The van der Waals surface area contributed by atoms with Crippen molar-refractivity contribution in [2.75, 3.05) is 0 Å². The Balaban J connectivity index is 2.32. The molecule has 1 aromatic heterocycles. The van der Waals surface area contributed by atoms with Gasteiger partial charge in [0.15, 0.2) is 0 Å². The van der Waals surface area contributed by atoms with Gasteiger partial charge in [0, 0.05) is 16.0 Å². The number of hydrogen-bond donors (Lipinski definition) is 1. The molecule has 2 N–H and O–H groups in total. The summed E-state index contributed by atoms with van der Waals surface area (Å²) < 4.78 is 6.40. The molecule has 0 aliphatic heterocycles. The first-order chi connectivity index (χ1) is 8.39. The number of fused-ring (bicyclic) bond motifs is 1. The van der Waals surface area contributed by atoms with Gasteiger partial charge in [-0.1, -0.05) is 18.2 Å². The standard InChI is InChI=1S/C14H17NO2S/c1-9-10-6-4-5-7-11(10)18-12(9)8-14(2,3)17-13(15)16/h4-7H,8H2,1-3H3,(H2,15,16). The fourth-order valence-corrected chi connectivity index (χ4v) is 3.51. The largest absolute Gasteiger partial charge is 0.443 e. The van der Waals surface area contributed by atoms with Gasteiger partial charge in [0.05, 0.1) is 0 Å². The fraction of sp³-hybridized carbons (Fsp3) is 0.357. The number of hydrogen-bond acceptors (Lipinski definition) is 3. The van der Waals surface area contributed by atoms with Crippen LogP contribution in [0, 0.1) is 6.92 Å². The molecule has 0 radical (unpaired) electrons. The van der Waals surface area contributed by atoms with Crippen LogP contribution in [-0.2, 0) is 11.2 Å². The van der Waals surface area contributed by atoms with Crippen LogP contribution in [-0.4, -0.2) is 11.7 Å². The number of aryl methyl sites for hydroxylation is 1. The summed E-state index contributed by atoms with van der Waals surface area (Å²) in [6.07, 6.45) is -0.0417. The molecule has 1 aromatic carbocycles. The third kappa shape index (κ3) is 2.64. The number of benzene rings is 1. The van der Waals surface area contributed by atoms with Crippen molar-refractivity contribution >= 4 is 27.5 Å². The first-order valence-corrected chi connectivity index (χ1v) is 6.66. The Kier molecular flexibility index (Phi) is 3.30. The molecule has 18 heavy (non-hydrogen) atoms. The van der Waals surface area contributed by atoms with Crippen molar-refractivity contribution in [2.45, 2.75) is 32.8 Å². The van der Waals surface area contributed by atoms with Crippen LogP contribution in [0.5, 0.6) is 0 Å². The molecule has 4 heteroatoms. The highest BCUT2D eigenvalue weighted by molar-refractivity contribution is 7.19. The van der Waals surface area contributed by atoms with Gasteiger partial charge in [-0.15, -0.1) is 11.3 Å². The lowest BCUT2D eigenvalue weighted by atomic mass is 10.0. The fourth-order valence-electron chi connectivity index (χ4n) is 2.09. The number of amides is 1. The van der Waals surface area contributed by atoms with Gasteiger partial charge in [0.25, 0.3) is 0 Å². The summed E-state index contributed by atoms with van der Waals surface area (Å²) in [6, 6.07) is 8.30. The van der Waals surface area contributed by atoms with Gasteiger partial charge < -0.3 is 10.5 Å². The number of thiophene rings is 1. The number of ether oxygens (including phenoxy) is 1. The van der Waals surface area contributed by atoms with E-state index in [1.54, 1.807) is 11.3 Å². The summed E-state index contributed by atoms with van der Waals surface area (Å²) in [5, 5.41) is 1.27. The third-order valence-electron chi connectivity index (χ3n) is 2.91. The second-order valence-electron chi connectivity index (χ2n) is 5.00. The first-order valence-electron chi connectivity index (χ1n) is 5.84. The Hall–Kier alpha value is -1.55. The maximum Gasteiger partial charge on any atom is 0.405 e. The molecule has 0 atom stereocenters. The average molecular weight is 263 g/mol. The van der Waals surface area contributed by atoms with Crippen LogP contribution in [0.25, 0.3) is 10.1 Å². The van der Waals surface area contributed by atoms with E-state index >= 15 is 0 Å². The van der Waals surface area contributed by atoms with Gasteiger partial charge in [-0.3, -0.25) is 0 Å². The number of carbonyl (C=O) groups is 1. The van der Waals surface area contributed by atoms with Crippen molar-refractivity contribution in [2.24, 2.45) is 5.73 Å². The number of carbonyl (C=O) groups excluding carboxylic acids is 1. The van der Waals surface area contributed by atoms with Gasteiger partial charge in [-0.25, -0.2) is 4.79 Å². The molecule has 0 aliphatic rings.